The molecule has 1 aliphatic carbocycles. The Balaban J connectivity index is 2.12. The SMILES string of the molecule is CC1=CCC2(C)CC1(N)C(c1ccc(O)c(F)c1)OC2(C)C. The molecule has 0 aromatic heterocycles. The van der Waals surface area contributed by atoms with E-state index in [0.717, 1.165) is 18.4 Å². The average molecular weight is 305 g/mol. The van der Waals surface area contributed by atoms with Crippen molar-refractivity contribution in [2.24, 2.45) is 11.1 Å². The number of hydrogen-bond acceptors (Lipinski definition) is 3. The quantitative estimate of drug-likeness (QED) is 0.775. The van der Waals surface area contributed by atoms with E-state index in [-0.39, 0.29) is 16.8 Å². The minimum Gasteiger partial charge on any atom is -0.505 e. The Morgan fingerprint density at radius 1 is 1.32 bits per heavy atom. The zero-order valence-corrected chi connectivity index (χ0v) is 13.6. The lowest BCUT2D eigenvalue weighted by Gasteiger charge is -2.60. The molecule has 22 heavy (non-hydrogen) atoms. The highest BCUT2D eigenvalue weighted by Gasteiger charge is 2.58. The van der Waals surface area contributed by atoms with E-state index in [1.54, 1.807) is 6.07 Å². The molecule has 0 saturated carbocycles. The molecule has 3 atom stereocenters. The van der Waals surface area contributed by atoms with Gasteiger partial charge in [0.2, 0.25) is 0 Å². The van der Waals surface area contributed by atoms with Crippen LogP contribution in [0.3, 0.4) is 0 Å². The van der Waals surface area contributed by atoms with Crippen LogP contribution in [0.5, 0.6) is 5.75 Å². The van der Waals surface area contributed by atoms with Crippen LogP contribution in [0.25, 0.3) is 0 Å². The smallest absolute Gasteiger partial charge is 0.165 e. The van der Waals surface area contributed by atoms with Crippen LogP contribution in [0, 0.1) is 11.2 Å². The van der Waals surface area contributed by atoms with Gasteiger partial charge >= 0.3 is 0 Å². The number of allylic oxidation sites excluding steroid dienone is 1. The predicted octanol–water partition coefficient (Wildman–Crippen LogP) is 3.83. The van der Waals surface area contributed by atoms with Crippen molar-refractivity contribution >= 4 is 0 Å². The van der Waals surface area contributed by atoms with Crippen LogP contribution in [0.4, 0.5) is 4.39 Å². The number of phenols is 1. The second-order valence-corrected chi connectivity index (χ2v) is 7.59. The van der Waals surface area contributed by atoms with Crippen LogP contribution < -0.4 is 5.73 Å². The van der Waals surface area contributed by atoms with Crippen molar-refractivity contribution in [2.75, 3.05) is 0 Å². The third kappa shape index (κ3) is 2.01. The number of rotatable bonds is 1. The summed E-state index contributed by atoms with van der Waals surface area (Å²) in [5.41, 5.74) is 7.42. The fourth-order valence-electron chi connectivity index (χ4n) is 3.78. The Morgan fingerprint density at radius 2 is 2.00 bits per heavy atom. The van der Waals surface area contributed by atoms with Crippen LogP contribution in [-0.4, -0.2) is 16.2 Å². The Kier molecular flexibility index (Phi) is 3.21. The normalized spacial score (nSPS) is 36.8. The second kappa shape index (κ2) is 4.56. The fourth-order valence-corrected chi connectivity index (χ4v) is 3.78. The molecule has 120 valence electrons. The van der Waals surface area contributed by atoms with Crippen LogP contribution in [0.2, 0.25) is 0 Å². The first-order chi connectivity index (χ1) is 10.1. The Morgan fingerprint density at radius 3 is 2.64 bits per heavy atom. The highest BCUT2D eigenvalue weighted by molar-refractivity contribution is 5.37. The van der Waals surface area contributed by atoms with Gasteiger partial charge < -0.3 is 15.6 Å². The summed E-state index contributed by atoms with van der Waals surface area (Å²) in [4.78, 5) is 0. The molecule has 0 amide bonds. The summed E-state index contributed by atoms with van der Waals surface area (Å²) >= 11 is 0. The number of ether oxygens (including phenoxy) is 1. The van der Waals surface area contributed by atoms with Crippen molar-refractivity contribution in [1.82, 2.24) is 0 Å². The fraction of sp³-hybridized carbons (Fsp3) is 0.556. The summed E-state index contributed by atoms with van der Waals surface area (Å²) in [6.45, 7) is 8.37. The number of nitrogens with two attached hydrogens (primary N) is 1. The van der Waals surface area contributed by atoms with E-state index in [9.17, 15) is 9.50 Å². The minimum atomic E-state index is -0.647. The van der Waals surface area contributed by atoms with Crippen molar-refractivity contribution in [3.8, 4) is 5.75 Å². The summed E-state index contributed by atoms with van der Waals surface area (Å²) in [6, 6.07) is 4.38. The lowest BCUT2D eigenvalue weighted by atomic mass is 9.56. The number of benzene rings is 1. The number of phenolic OH excluding ortho intramolecular Hbond substituents is 1. The molecular formula is C18H24FNO2. The van der Waals surface area contributed by atoms with Crippen molar-refractivity contribution < 1.29 is 14.2 Å². The number of fused-ring (bicyclic) bond motifs is 2. The van der Waals surface area contributed by atoms with Gasteiger partial charge in [-0.05, 0) is 51.3 Å². The van der Waals surface area contributed by atoms with Gasteiger partial charge in [-0.15, -0.1) is 0 Å². The summed E-state index contributed by atoms with van der Waals surface area (Å²) in [5, 5.41) is 9.42. The van der Waals surface area contributed by atoms with Crippen molar-refractivity contribution in [1.29, 1.82) is 0 Å². The molecule has 1 heterocycles. The van der Waals surface area contributed by atoms with Gasteiger partial charge in [0.05, 0.1) is 11.1 Å². The van der Waals surface area contributed by atoms with Crippen molar-refractivity contribution in [3.63, 3.8) is 0 Å². The number of aromatic hydroxyl groups is 1. The molecule has 0 radical (unpaired) electrons. The van der Waals surface area contributed by atoms with E-state index in [1.165, 1.54) is 12.1 Å². The highest BCUT2D eigenvalue weighted by Crippen LogP contribution is 2.58. The number of hydrogen-bond donors (Lipinski definition) is 2. The second-order valence-electron chi connectivity index (χ2n) is 7.59. The van der Waals surface area contributed by atoms with Crippen LogP contribution in [-0.2, 0) is 4.74 Å². The Bertz CT molecular complexity index is 654. The van der Waals surface area contributed by atoms with Gasteiger partial charge in [0.1, 0.15) is 6.10 Å². The molecular weight excluding hydrogens is 281 g/mol. The minimum absolute atomic E-state index is 0.0484. The predicted molar refractivity (Wildman–Crippen MR) is 84.0 cm³/mol. The summed E-state index contributed by atoms with van der Waals surface area (Å²) in [6.07, 6.45) is 3.49. The van der Waals surface area contributed by atoms with E-state index < -0.39 is 17.5 Å². The van der Waals surface area contributed by atoms with Gasteiger partial charge in [0.15, 0.2) is 11.6 Å². The molecule has 2 bridgehead atoms. The zero-order chi connectivity index (χ0) is 16.3. The maximum atomic E-state index is 13.8. The van der Waals surface area contributed by atoms with E-state index in [2.05, 4.69) is 26.8 Å². The molecule has 3 nitrogen and oxygen atoms in total. The van der Waals surface area contributed by atoms with Gasteiger partial charge in [-0.1, -0.05) is 24.6 Å². The molecule has 1 fully saturated rings. The maximum absolute atomic E-state index is 13.8. The molecule has 1 aliphatic heterocycles. The van der Waals surface area contributed by atoms with E-state index in [0.29, 0.717) is 5.56 Å². The molecule has 1 aromatic carbocycles. The summed E-state index contributed by atoms with van der Waals surface area (Å²) in [7, 11) is 0. The van der Waals surface area contributed by atoms with Crippen LogP contribution in [0.15, 0.2) is 29.8 Å². The topological polar surface area (TPSA) is 55.5 Å². The van der Waals surface area contributed by atoms with Gasteiger partial charge in [0.25, 0.3) is 0 Å². The molecule has 3 N–H and O–H groups in total. The van der Waals surface area contributed by atoms with E-state index in [1.807, 2.05) is 6.92 Å². The Labute approximate surface area is 131 Å². The van der Waals surface area contributed by atoms with Gasteiger partial charge in [-0.25, -0.2) is 4.39 Å². The number of halogens is 1. The largest absolute Gasteiger partial charge is 0.505 e. The first kappa shape index (κ1) is 15.5. The molecule has 2 aliphatic rings. The molecule has 1 aromatic rings. The van der Waals surface area contributed by atoms with Gasteiger partial charge in [-0.3, -0.25) is 0 Å². The molecule has 1 saturated heterocycles. The monoisotopic (exact) mass is 305 g/mol. The van der Waals surface area contributed by atoms with Gasteiger partial charge in [-0.2, -0.15) is 0 Å². The lowest BCUT2D eigenvalue weighted by molar-refractivity contribution is -0.212. The summed E-state index contributed by atoms with van der Waals surface area (Å²) < 4.78 is 20.2. The Hall–Kier alpha value is -1.39. The molecule has 4 heteroatoms. The third-order valence-corrected chi connectivity index (χ3v) is 5.88. The van der Waals surface area contributed by atoms with E-state index >= 15 is 0 Å². The van der Waals surface area contributed by atoms with Crippen molar-refractivity contribution in [3.05, 3.63) is 41.2 Å². The average Bonchev–Trinajstić information content (AvgIpc) is 2.43. The molecule has 0 spiro atoms. The first-order valence-electron chi connectivity index (χ1n) is 7.71. The van der Waals surface area contributed by atoms with E-state index in [4.69, 9.17) is 10.5 Å². The first-order valence-corrected chi connectivity index (χ1v) is 7.71. The van der Waals surface area contributed by atoms with Crippen molar-refractivity contribution in [2.45, 2.75) is 57.8 Å². The zero-order valence-electron chi connectivity index (χ0n) is 13.6. The highest BCUT2D eigenvalue weighted by atomic mass is 19.1. The van der Waals surface area contributed by atoms with Crippen LogP contribution in [0.1, 0.15) is 52.2 Å². The van der Waals surface area contributed by atoms with Crippen LogP contribution >= 0.6 is 0 Å². The molecule has 3 rings (SSSR count). The molecule has 3 unspecified atom stereocenters. The summed E-state index contributed by atoms with van der Waals surface area (Å²) in [5.74, 6) is -1.00. The lowest BCUT2D eigenvalue weighted by Crippen LogP contribution is -2.64. The maximum Gasteiger partial charge on any atom is 0.165 e. The van der Waals surface area contributed by atoms with Gasteiger partial charge in [0, 0.05) is 5.41 Å². The standard InChI is InChI=1S/C18H24FNO2/c1-11-7-8-17(4)10-18(11,20)15(22-16(17,2)3)12-5-6-14(21)13(19)9-12/h5-7,9,15,21H,8,10,20H2,1-4H3. The third-order valence-electron chi connectivity index (χ3n) is 5.88.